The number of aromatic nitrogens is 2. The van der Waals surface area contributed by atoms with E-state index in [1.165, 1.54) is 21.0 Å². The van der Waals surface area contributed by atoms with E-state index < -0.39 is 21.9 Å². The van der Waals surface area contributed by atoms with Crippen molar-refractivity contribution in [2.24, 2.45) is 5.92 Å². The maximum atomic E-state index is 13.8. The van der Waals surface area contributed by atoms with Crippen LogP contribution in [0.4, 0.5) is 4.39 Å². The van der Waals surface area contributed by atoms with E-state index in [-0.39, 0.29) is 22.9 Å². The van der Waals surface area contributed by atoms with Gasteiger partial charge in [-0.25, -0.2) is 17.8 Å². The lowest BCUT2D eigenvalue weighted by atomic mass is 10.1. The van der Waals surface area contributed by atoms with Crippen molar-refractivity contribution in [2.75, 3.05) is 6.54 Å². The van der Waals surface area contributed by atoms with E-state index in [0.29, 0.717) is 28.8 Å². The number of aryl methyl sites for hydroxylation is 1. The molecule has 0 aliphatic rings. The first-order valence-corrected chi connectivity index (χ1v) is 13.4. The number of rotatable bonds is 8. The molecule has 8 heteroatoms. The van der Waals surface area contributed by atoms with Crippen LogP contribution in [0.3, 0.4) is 0 Å². The summed E-state index contributed by atoms with van der Waals surface area (Å²) < 4.78 is 44.0. The fourth-order valence-corrected chi connectivity index (χ4v) is 5.76. The van der Waals surface area contributed by atoms with Crippen LogP contribution in [0, 0.1) is 18.7 Å². The Morgan fingerprint density at radius 2 is 1.58 bits per heavy atom. The molecule has 4 aromatic rings. The molecule has 6 nitrogen and oxygen atoms in total. The lowest BCUT2D eigenvalue weighted by molar-refractivity contribution is 0.308. The molecule has 4 rings (SSSR count). The molecule has 0 spiro atoms. The number of sulfonamides is 1. The minimum absolute atomic E-state index is 0.00970. The predicted molar refractivity (Wildman–Crippen MR) is 140 cm³/mol. The van der Waals surface area contributed by atoms with Crippen LogP contribution in [0.2, 0.25) is 0 Å². The first-order chi connectivity index (χ1) is 17.1. The SMILES string of the molecule is Cc1ccc(-n2c(C(C)N(CCC(C)C)S(=O)(=O)c3ccc(F)cc3)nc3ccccc3c2=O)cc1. The molecule has 188 valence electrons. The highest BCUT2D eigenvalue weighted by Gasteiger charge is 2.33. The molecular formula is C28H30FN3O3S. The van der Waals surface area contributed by atoms with Crippen LogP contribution in [-0.2, 0) is 10.0 Å². The summed E-state index contributed by atoms with van der Waals surface area (Å²) in [5.74, 6) is 0.0455. The Morgan fingerprint density at radius 3 is 2.22 bits per heavy atom. The number of nitrogens with zero attached hydrogens (tertiary/aromatic N) is 3. The van der Waals surface area contributed by atoms with E-state index in [1.54, 1.807) is 31.2 Å². The van der Waals surface area contributed by atoms with Crippen molar-refractivity contribution in [3.8, 4) is 5.69 Å². The Bertz CT molecular complexity index is 1530. The zero-order valence-corrected chi connectivity index (χ0v) is 21.7. The molecule has 0 aliphatic heterocycles. The molecule has 36 heavy (non-hydrogen) atoms. The minimum atomic E-state index is -4.02. The van der Waals surface area contributed by atoms with Gasteiger partial charge in [-0.2, -0.15) is 4.31 Å². The van der Waals surface area contributed by atoms with Gasteiger partial charge in [0.15, 0.2) is 0 Å². The van der Waals surface area contributed by atoms with Gasteiger partial charge in [0.05, 0.1) is 27.5 Å². The predicted octanol–water partition coefficient (Wildman–Crippen LogP) is 5.63. The average molecular weight is 508 g/mol. The van der Waals surface area contributed by atoms with Gasteiger partial charge in [-0.15, -0.1) is 0 Å². The van der Waals surface area contributed by atoms with Crippen LogP contribution >= 0.6 is 0 Å². The third-order valence-electron chi connectivity index (χ3n) is 6.25. The number of hydrogen-bond donors (Lipinski definition) is 0. The van der Waals surface area contributed by atoms with E-state index in [1.807, 2.05) is 45.0 Å². The number of hydrogen-bond acceptors (Lipinski definition) is 4. The van der Waals surface area contributed by atoms with E-state index in [0.717, 1.165) is 17.7 Å². The summed E-state index contributed by atoms with van der Waals surface area (Å²) in [6.45, 7) is 7.95. The molecule has 0 fully saturated rings. The van der Waals surface area contributed by atoms with Gasteiger partial charge in [0.1, 0.15) is 11.6 Å². The molecule has 1 heterocycles. The number of halogens is 1. The van der Waals surface area contributed by atoms with Gasteiger partial charge in [0.2, 0.25) is 10.0 Å². The van der Waals surface area contributed by atoms with Crippen molar-refractivity contribution in [3.05, 3.63) is 100 Å². The third-order valence-corrected chi connectivity index (χ3v) is 8.23. The van der Waals surface area contributed by atoms with Crippen LogP contribution in [0.5, 0.6) is 0 Å². The van der Waals surface area contributed by atoms with Crippen molar-refractivity contribution >= 4 is 20.9 Å². The van der Waals surface area contributed by atoms with Crippen LogP contribution in [0.15, 0.2) is 82.5 Å². The van der Waals surface area contributed by atoms with E-state index in [2.05, 4.69) is 0 Å². The van der Waals surface area contributed by atoms with Crippen molar-refractivity contribution in [1.82, 2.24) is 13.9 Å². The van der Waals surface area contributed by atoms with Gasteiger partial charge < -0.3 is 0 Å². The summed E-state index contributed by atoms with van der Waals surface area (Å²) in [4.78, 5) is 18.5. The molecular weight excluding hydrogens is 477 g/mol. The molecule has 0 amide bonds. The lowest BCUT2D eigenvalue weighted by Gasteiger charge is -2.30. The molecule has 0 N–H and O–H groups in total. The maximum Gasteiger partial charge on any atom is 0.266 e. The third kappa shape index (κ3) is 5.10. The van der Waals surface area contributed by atoms with E-state index >= 15 is 0 Å². The highest BCUT2D eigenvalue weighted by molar-refractivity contribution is 7.89. The Balaban J connectivity index is 1.94. The first-order valence-electron chi connectivity index (χ1n) is 12.0. The van der Waals surface area contributed by atoms with Crippen LogP contribution in [0.25, 0.3) is 16.6 Å². The highest BCUT2D eigenvalue weighted by atomic mass is 32.2. The van der Waals surface area contributed by atoms with Gasteiger partial charge in [0.25, 0.3) is 5.56 Å². The maximum absolute atomic E-state index is 13.8. The summed E-state index contributed by atoms with van der Waals surface area (Å²) >= 11 is 0. The normalized spacial score (nSPS) is 13.0. The van der Waals surface area contributed by atoms with E-state index in [9.17, 15) is 17.6 Å². The summed E-state index contributed by atoms with van der Waals surface area (Å²) in [5.41, 5.74) is 1.87. The molecule has 0 saturated heterocycles. The standard InChI is InChI=1S/C28H30FN3O3S/c1-19(2)17-18-31(36(34,35)24-15-11-22(29)12-16-24)21(4)27-30-26-8-6-5-7-25(26)28(33)32(27)23-13-9-20(3)10-14-23/h5-16,19,21H,17-18H2,1-4H3. The number of benzene rings is 3. The fourth-order valence-electron chi connectivity index (χ4n) is 4.15. The van der Waals surface area contributed by atoms with Crippen molar-refractivity contribution in [1.29, 1.82) is 0 Å². The Labute approximate surface area is 211 Å². The second-order valence-electron chi connectivity index (χ2n) is 9.39. The molecule has 1 unspecified atom stereocenters. The monoisotopic (exact) mass is 507 g/mol. The topological polar surface area (TPSA) is 72.3 Å². The smallest absolute Gasteiger partial charge is 0.266 e. The second kappa shape index (κ2) is 10.3. The lowest BCUT2D eigenvalue weighted by Crippen LogP contribution is -2.38. The number of fused-ring (bicyclic) bond motifs is 1. The molecule has 0 aliphatic carbocycles. The molecule has 0 bridgehead atoms. The minimum Gasteiger partial charge on any atom is -0.268 e. The zero-order valence-electron chi connectivity index (χ0n) is 20.8. The largest absolute Gasteiger partial charge is 0.268 e. The van der Waals surface area contributed by atoms with Crippen LogP contribution in [-0.4, -0.2) is 28.8 Å². The summed E-state index contributed by atoms with van der Waals surface area (Å²) in [6, 6.07) is 18.5. The molecule has 0 saturated carbocycles. The Morgan fingerprint density at radius 1 is 0.944 bits per heavy atom. The second-order valence-corrected chi connectivity index (χ2v) is 11.3. The molecule has 1 atom stereocenters. The Kier molecular flexibility index (Phi) is 7.38. The van der Waals surface area contributed by atoms with Crippen molar-refractivity contribution < 1.29 is 12.8 Å². The summed E-state index contributed by atoms with van der Waals surface area (Å²) in [6.07, 6.45) is 0.604. The van der Waals surface area contributed by atoms with Gasteiger partial charge in [0, 0.05) is 6.54 Å². The molecule has 0 radical (unpaired) electrons. The Hall–Kier alpha value is -3.36. The quantitative estimate of drug-likeness (QED) is 0.310. The van der Waals surface area contributed by atoms with Gasteiger partial charge in [-0.3, -0.25) is 9.36 Å². The molecule has 3 aromatic carbocycles. The van der Waals surface area contributed by atoms with Crippen molar-refractivity contribution in [3.63, 3.8) is 0 Å². The average Bonchev–Trinajstić information content (AvgIpc) is 2.84. The van der Waals surface area contributed by atoms with Gasteiger partial charge in [-0.05, 0) is 74.7 Å². The fraction of sp³-hybridized carbons (Fsp3) is 0.286. The summed E-state index contributed by atoms with van der Waals surface area (Å²) in [5, 5.41) is 0.448. The van der Waals surface area contributed by atoms with Gasteiger partial charge >= 0.3 is 0 Å². The highest BCUT2D eigenvalue weighted by Crippen LogP contribution is 2.29. The zero-order chi connectivity index (χ0) is 26.0. The van der Waals surface area contributed by atoms with E-state index in [4.69, 9.17) is 4.98 Å². The summed E-state index contributed by atoms with van der Waals surface area (Å²) in [7, 11) is -4.02. The first kappa shape index (κ1) is 25.7. The van der Waals surface area contributed by atoms with Crippen LogP contribution in [0.1, 0.15) is 44.6 Å². The number of para-hydroxylation sites is 1. The van der Waals surface area contributed by atoms with Crippen molar-refractivity contribution in [2.45, 2.75) is 45.1 Å². The molecule has 1 aromatic heterocycles. The van der Waals surface area contributed by atoms with Gasteiger partial charge in [-0.1, -0.05) is 43.7 Å². The van der Waals surface area contributed by atoms with Crippen LogP contribution < -0.4 is 5.56 Å².